The highest BCUT2D eigenvalue weighted by Gasteiger charge is 2.28. The minimum Gasteiger partial charge on any atom is -0.336 e. The van der Waals surface area contributed by atoms with Gasteiger partial charge in [0.05, 0.1) is 0 Å². The molecule has 2 heterocycles. The Bertz CT molecular complexity index is 671. The molecule has 1 aromatic heterocycles. The molecular weight excluding hydrogens is 283 g/mol. The van der Waals surface area contributed by atoms with Gasteiger partial charge < -0.3 is 10.6 Å². The minimum absolute atomic E-state index is 0.0742. The fraction of sp³-hybridized carbons (Fsp3) is 0.375. The molecule has 2 atom stereocenters. The van der Waals surface area contributed by atoms with Crippen molar-refractivity contribution in [1.29, 1.82) is 0 Å². The SMILES string of the molecule is C[C@@H]1C[C@H](N)CCN1C(=O)c1ccc(-n2cccn2)c(F)c1. The Labute approximate surface area is 128 Å². The van der Waals surface area contributed by atoms with Crippen LogP contribution >= 0.6 is 0 Å². The third-order valence-corrected chi connectivity index (χ3v) is 4.12. The van der Waals surface area contributed by atoms with Gasteiger partial charge in [0, 0.05) is 36.6 Å². The molecule has 0 spiro atoms. The Morgan fingerprint density at radius 2 is 2.27 bits per heavy atom. The Hall–Kier alpha value is -2.21. The summed E-state index contributed by atoms with van der Waals surface area (Å²) in [6, 6.07) is 6.43. The maximum atomic E-state index is 14.2. The van der Waals surface area contributed by atoms with E-state index >= 15 is 0 Å². The number of carbonyl (C=O) groups is 1. The fourth-order valence-corrected chi connectivity index (χ4v) is 2.91. The summed E-state index contributed by atoms with van der Waals surface area (Å²) in [5, 5.41) is 4.00. The Morgan fingerprint density at radius 1 is 1.45 bits per heavy atom. The van der Waals surface area contributed by atoms with E-state index in [4.69, 9.17) is 5.73 Å². The summed E-state index contributed by atoms with van der Waals surface area (Å²) >= 11 is 0. The van der Waals surface area contributed by atoms with Crippen LogP contribution in [0.2, 0.25) is 0 Å². The second kappa shape index (κ2) is 5.88. The molecule has 1 aliphatic heterocycles. The van der Waals surface area contributed by atoms with Crippen molar-refractivity contribution in [2.24, 2.45) is 5.73 Å². The van der Waals surface area contributed by atoms with Crippen LogP contribution in [0.15, 0.2) is 36.7 Å². The standard InChI is InChI=1S/C16H19FN4O/c1-11-9-13(18)5-8-20(11)16(22)12-3-4-15(14(17)10-12)21-7-2-6-19-21/h2-4,6-7,10-11,13H,5,8-9,18H2,1H3/t11-,13-/m1/s1. The predicted octanol–water partition coefficient (Wildman–Crippen LogP) is 1.96. The summed E-state index contributed by atoms with van der Waals surface area (Å²) in [4.78, 5) is 14.3. The number of nitrogens with two attached hydrogens (primary N) is 1. The van der Waals surface area contributed by atoms with Crippen LogP contribution in [0.25, 0.3) is 5.69 Å². The van der Waals surface area contributed by atoms with Crippen molar-refractivity contribution in [1.82, 2.24) is 14.7 Å². The first-order valence-electron chi connectivity index (χ1n) is 7.42. The van der Waals surface area contributed by atoms with Gasteiger partial charge in [-0.3, -0.25) is 4.79 Å². The highest BCUT2D eigenvalue weighted by molar-refractivity contribution is 5.94. The fourth-order valence-electron chi connectivity index (χ4n) is 2.91. The Kier molecular flexibility index (Phi) is 3.94. The van der Waals surface area contributed by atoms with E-state index < -0.39 is 5.82 Å². The number of benzene rings is 1. The molecule has 6 heteroatoms. The van der Waals surface area contributed by atoms with Gasteiger partial charge in [0.2, 0.25) is 0 Å². The molecule has 0 unspecified atom stereocenters. The van der Waals surface area contributed by atoms with Gasteiger partial charge in [0.15, 0.2) is 0 Å². The molecule has 0 bridgehead atoms. The lowest BCUT2D eigenvalue weighted by molar-refractivity contribution is 0.0618. The zero-order chi connectivity index (χ0) is 15.7. The number of aromatic nitrogens is 2. The summed E-state index contributed by atoms with van der Waals surface area (Å²) in [6.07, 6.45) is 4.80. The summed E-state index contributed by atoms with van der Waals surface area (Å²) in [6.45, 7) is 2.59. The van der Waals surface area contributed by atoms with E-state index in [0.29, 0.717) is 17.8 Å². The Balaban J connectivity index is 1.83. The lowest BCUT2D eigenvalue weighted by Crippen LogP contribution is -2.48. The van der Waals surface area contributed by atoms with Crippen LogP contribution in [0.1, 0.15) is 30.1 Å². The van der Waals surface area contributed by atoms with E-state index in [1.165, 1.54) is 10.7 Å². The number of piperidine rings is 1. The lowest BCUT2D eigenvalue weighted by atomic mass is 9.98. The van der Waals surface area contributed by atoms with E-state index in [1.54, 1.807) is 35.5 Å². The van der Waals surface area contributed by atoms with E-state index in [1.807, 2.05) is 6.92 Å². The molecule has 2 aromatic rings. The summed E-state index contributed by atoms with van der Waals surface area (Å²) in [5.74, 6) is -0.610. The van der Waals surface area contributed by atoms with E-state index in [-0.39, 0.29) is 18.0 Å². The number of nitrogens with zero attached hydrogens (tertiary/aromatic N) is 3. The number of rotatable bonds is 2. The quantitative estimate of drug-likeness (QED) is 0.922. The molecule has 116 valence electrons. The smallest absolute Gasteiger partial charge is 0.254 e. The summed E-state index contributed by atoms with van der Waals surface area (Å²) < 4.78 is 15.7. The van der Waals surface area contributed by atoms with Crippen molar-refractivity contribution in [2.75, 3.05) is 6.54 Å². The van der Waals surface area contributed by atoms with Crippen LogP contribution in [0.4, 0.5) is 4.39 Å². The summed E-state index contributed by atoms with van der Waals surface area (Å²) in [5.41, 5.74) is 6.60. The maximum absolute atomic E-state index is 14.2. The van der Waals surface area contributed by atoms with Crippen molar-refractivity contribution in [3.8, 4) is 5.69 Å². The van der Waals surface area contributed by atoms with Crippen molar-refractivity contribution in [3.63, 3.8) is 0 Å². The average molecular weight is 302 g/mol. The van der Waals surface area contributed by atoms with Crippen molar-refractivity contribution < 1.29 is 9.18 Å². The lowest BCUT2D eigenvalue weighted by Gasteiger charge is -2.36. The van der Waals surface area contributed by atoms with Crippen molar-refractivity contribution >= 4 is 5.91 Å². The van der Waals surface area contributed by atoms with Gasteiger partial charge in [-0.1, -0.05) is 0 Å². The molecule has 3 rings (SSSR count). The number of likely N-dealkylation sites (tertiary alicyclic amines) is 1. The molecule has 0 radical (unpaired) electrons. The number of hydrogen-bond acceptors (Lipinski definition) is 3. The topological polar surface area (TPSA) is 64.2 Å². The summed E-state index contributed by atoms with van der Waals surface area (Å²) in [7, 11) is 0. The van der Waals surface area contributed by atoms with Crippen molar-refractivity contribution in [2.45, 2.75) is 31.8 Å². The van der Waals surface area contributed by atoms with Crippen LogP contribution in [0.3, 0.4) is 0 Å². The second-order valence-corrected chi connectivity index (χ2v) is 5.75. The molecule has 0 saturated carbocycles. The molecule has 1 amide bonds. The molecule has 1 saturated heterocycles. The second-order valence-electron chi connectivity index (χ2n) is 5.75. The number of hydrogen-bond donors (Lipinski definition) is 1. The zero-order valence-corrected chi connectivity index (χ0v) is 12.4. The normalized spacial score (nSPS) is 21.9. The molecule has 2 N–H and O–H groups in total. The molecule has 1 aromatic carbocycles. The molecular formula is C16H19FN4O. The first-order chi connectivity index (χ1) is 10.6. The maximum Gasteiger partial charge on any atom is 0.254 e. The van der Waals surface area contributed by atoms with Crippen molar-refractivity contribution in [3.05, 3.63) is 48.0 Å². The first kappa shape index (κ1) is 14.7. The van der Waals surface area contributed by atoms with Gasteiger partial charge in [-0.2, -0.15) is 5.10 Å². The van der Waals surface area contributed by atoms with Crippen LogP contribution in [-0.2, 0) is 0 Å². The minimum atomic E-state index is -0.462. The van der Waals surface area contributed by atoms with Crippen LogP contribution in [-0.4, -0.2) is 39.2 Å². The van der Waals surface area contributed by atoms with Gasteiger partial charge >= 0.3 is 0 Å². The number of carbonyl (C=O) groups excluding carboxylic acids is 1. The molecule has 1 aliphatic rings. The Morgan fingerprint density at radius 3 is 2.91 bits per heavy atom. The molecule has 0 aliphatic carbocycles. The van der Waals surface area contributed by atoms with E-state index in [0.717, 1.165) is 12.8 Å². The van der Waals surface area contributed by atoms with Gasteiger partial charge in [0.25, 0.3) is 5.91 Å². The molecule has 22 heavy (non-hydrogen) atoms. The third-order valence-electron chi connectivity index (χ3n) is 4.12. The van der Waals surface area contributed by atoms with E-state index in [9.17, 15) is 9.18 Å². The monoisotopic (exact) mass is 302 g/mol. The largest absolute Gasteiger partial charge is 0.336 e. The molecule has 5 nitrogen and oxygen atoms in total. The van der Waals surface area contributed by atoms with Gasteiger partial charge in [-0.05, 0) is 44.0 Å². The van der Waals surface area contributed by atoms with Crippen LogP contribution in [0, 0.1) is 5.82 Å². The zero-order valence-electron chi connectivity index (χ0n) is 12.4. The van der Waals surface area contributed by atoms with E-state index in [2.05, 4.69) is 5.10 Å². The number of halogens is 1. The highest BCUT2D eigenvalue weighted by atomic mass is 19.1. The average Bonchev–Trinajstić information content (AvgIpc) is 3.00. The van der Waals surface area contributed by atoms with Gasteiger partial charge in [-0.15, -0.1) is 0 Å². The number of amides is 1. The van der Waals surface area contributed by atoms with Crippen LogP contribution in [0.5, 0.6) is 0 Å². The third kappa shape index (κ3) is 2.74. The first-order valence-corrected chi connectivity index (χ1v) is 7.42. The predicted molar refractivity (Wildman–Crippen MR) is 81.2 cm³/mol. The van der Waals surface area contributed by atoms with Gasteiger partial charge in [0.1, 0.15) is 11.5 Å². The van der Waals surface area contributed by atoms with Crippen LogP contribution < -0.4 is 5.73 Å². The van der Waals surface area contributed by atoms with Gasteiger partial charge in [-0.25, -0.2) is 9.07 Å². The highest BCUT2D eigenvalue weighted by Crippen LogP contribution is 2.21. The molecule has 1 fully saturated rings.